The summed E-state index contributed by atoms with van der Waals surface area (Å²) in [5, 5.41) is 3.70. The third-order valence-corrected chi connectivity index (χ3v) is 4.64. The van der Waals surface area contributed by atoms with E-state index in [1.165, 1.54) is 11.0 Å². The van der Waals surface area contributed by atoms with Gasteiger partial charge in [-0.25, -0.2) is 4.79 Å². The topological polar surface area (TPSA) is 73.0 Å². The first-order valence-corrected chi connectivity index (χ1v) is 9.81. The molecule has 0 unspecified atom stereocenters. The number of hydrogen-bond donors (Lipinski definition) is 2. The highest BCUT2D eigenvalue weighted by Gasteiger charge is 2.15. The van der Waals surface area contributed by atoms with Crippen molar-refractivity contribution in [1.29, 1.82) is 0 Å². The minimum Gasteiger partial charge on any atom is -0.481 e. The van der Waals surface area contributed by atoms with E-state index in [0.717, 1.165) is 29.5 Å². The zero-order chi connectivity index (χ0) is 20.8. The van der Waals surface area contributed by atoms with Gasteiger partial charge in [0.05, 0.1) is 20.6 Å². The zero-order valence-electron chi connectivity index (χ0n) is 17.0. The summed E-state index contributed by atoms with van der Waals surface area (Å²) >= 11 is 0. The zero-order valence-corrected chi connectivity index (χ0v) is 17.0. The molecule has 0 spiro atoms. The van der Waals surface area contributed by atoms with Crippen LogP contribution >= 0.6 is 0 Å². The van der Waals surface area contributed by atoms with Gasteiger partial charge in [-0.05, 0) is 30.2 Å². The molecule has 3 rings (SSSR count). The second kappa shape index (κ2) is 9.39. The molecule has 0 saturated heterocycles. The van der Waals surface area contributed by atoms with Crippen LogP contribution in [0.1, 0.15) is 13.3 Å². The van der Waals surface area contributed by atoms with Crippen LogP contribution in [0, 0.1) is 0 Å². The van der Waals surface area contributed by atoms with E-state index in [-0.39, 0.29) is 5.91 Å². The number of rotatable bonds is 8. The second-order valence-electron chi connectivity index (χ2n) is 7.36. The lowest BCUT2D eigenvalue weighted by atomic mass is 10.0. The monoisotopic (exact) mass is 395 g/mol. The van der Waals surface area contributed by atoms with Crippen molar-refractivity contribution in [2.75, 3.05) is 27.2 Å². The summed E-state index contributed by atoms with van der Waals surface area (Å²) in [5.74, 6) is 0.310. The molecule has 0 aliphatic heterocycles. The molecule has 2 N–H and O–H groups in total. The SMILES string of the molecule is C[C@H](Oc1ccc2c(-c3ccccc3)cc(=O)oc2c1)C(=O)NCCC[NH+](C)C. The maximum atomic E-state index is 12.2. The largest absolute Gasteiger partial charge is 0.481 e. The highest BCUT2D eigenvalue weighted by atomic mass is 16.5. The lowest BCUT2D eigenvalue weighted by Crippen LogP contribution is -3.05. The highest BCUT2D eigenvalue weighted by Crippen LogP contribution is 2.29. The van der Waals surface area contributed by atoms with Crippen LogP contribution in [0.4, 0.5) is 0 Å². The number of nitrogens with one attached hydrogen (secondary N) is 2. The van der Waals surface area contributed by atoms with Crippen molar-refractivity contribution in [3.63, 3.8) is 0 Å². The smallest absolute Gasteiger partial charge is 0.336 e. The van der Waals surface area contributed by atoms with E-state index >= 15 is 0 Å². The van der Waals surface area contributed by atoms with Crippen LogP contribution in [0.2, 0.25) is 0 Å². The van der Waals surface area contributed by atoms with Gasteiger partial charge in [0.25, 0.3) is 5.91 Å². The number of hydrogen-bond acceptors (Lipinski definition) is 4. The van der Waals surface area contributed by atoms with Crippen LogP contribution < -0.4 is 20.6 Å². The quantitative estimate of drug-likeness (QED) is 0.451. The number of carbonyl (C=O) groups is 1. The van der Waals surface area contributed by atoms with Crippen LogP contribution in [0.5, 0.6) is 5.75 Å². The lowest BCUT2D eigenvalue weighted by molar-refractivity contribution is -0.858. The van der Waals surface area contributed by atoms with E-state index in [9.17, 15) is 9.59 Å². The van der Waals surface area contributed by atoms with Gasteiger partial charge in [0.15, 0.2) is 6.10 Å². The molecule has 3 aromatic rings. The Hall–Kier alpha value is -3.12. The summed E-state index contributed by atoms with van der Waals surface area (Å²) in [6.07, 6.45) is 0.257. The molecule has 0 fully saturated rings. The van der Waals surface area contributed by atoms with Gasteiger partial charge < -0.3 is 19.4 Å². The van der Waals surface area contributed by atoms with E-state index in [0.29, 0.717) is 17.9 Å². The maximum absolute atomic E-state index is 12.2. The Bertz CT molecular complexity index is 1030. The Balaban J connectivity index is 1.75. The molecule has 29 heavy (non-hydrogen) atoms. The molecule has 1 aromatic heterocycles. The minimum atomic E-state index is -0.650. The fraction of sp³-hybridized carbons (Fsp3) is 0.304. The molecule has 1 atom stereocenters. The Morgan fingerprint density at radius 3 is 2.62 bits per heavy atom. The first-order valence-electron chi connectivity index (χ1n) is 9.81. The standard InChI is InChI=1S/C23H26N2O4/c1-16(23(27)24-12-7-13-25(2)3)28-18-10-11-19-20(17-8-5-4-6-9-17)15-22(26)29-21(19)14-18/h4-6,8-11,14-16H,7,12-13H2,1-3H3,(H,24,27)/p+1/t16-/m0/s1. The van der Waals surface area contributed by atoms with Gasteiger partial charge in [0.1, 0.15) is 11.3 Å². The summed E-state index contributed by atoms with van der Waals surface area (Å²) in [5.41, 5.74) is 1.74. The van der Waals surface area contributed by atoms with E-state index in [4.69, 9.17) is 9.15 Å². The Kier molecular flexibility index (Phi) is 6.67. The highest BCUT2D eigenvalue weighted by molar-refractivity contribution is 5.93. The number of amides is 1. The van der Waals surface area contributed by atoms with Gasteiger partial charge in [-0.2, -0.15) is 0 Å². The molecule has 1 heterocycles. The van der Waals surface area contributed by atoms with E-state index in [1.54, 1.807) is 19.1 Å². The van der Waals surface area contributed by atoms with Crippen molar-refractivity contribution in [1.82, 2.24) is 5.32 Å². The third-order valence-electron chi connectivity index (χ3n) is 4.64. The summed E-state index contributed by atoms with van der Waals surface area (Å²) in [6.45, 7) is 3.31. The average molecular weight is 395 g/mol. The third kappa shape index (κ3) is 5.45. The molecule has 6 heteroatoms. The van der Waals surface area contributed by atoms with Crippen LogP contribution in [0.25, 0.3) is 22.1 Å². The molecular formula is C23H27N2O4+. The number of fused-ring (bicyclic) bond motifs is 1. The van der Waals surface area contributed by atoms with Gasteiger partial charge in [-0.3, -0.25) is 4.79 Å². The maximum Gasteiger partial charge on any atom is 0.336 e. The molecule has 6 nitrogen and oxygen atoms in total. The van der Waals surface area contributed by atoms with Crippen molar-refractivity contribution in [2.45, 2.75) is 19.4 Å². The predicted octanol–water partition coefficient (Wildman–Crippen LogP) is 1.88. The fourth-order valence-corrected chi connectivity index (χ4v) is 3.13. The fourth-order valence-electron chi connectivity index (χ4n) is 3.13. The van der Waals surface area contributed by atoms with Crippen molar-refractivity contribution < 1.29 is 18.8 Å². The molecule has 0 bridgehead atoms. The first kappa shape index (κ1) is 20.6. The number of carbonyl (C=O) groups excluding carboxylic acids is 1. The van der Waals surface area contributed by atoms with Crippen molar-refractivity contribution in [2.24, 2.45) is 0 Å². The van der Waals surface area contributed by atoms with E-state index in [1.807, 2.05) is 36.4 Å². The van der Waals surface area contributed by atoms with E-state index in [2.05, 4.69) is 19.4 Å². The Morgan fingerprint density at radius 2 is 1.90 bits per heavy atom. The van der Waals surface area contributed by atoms with Gasteiger partial charge in [0.2, 0.25) is 0 Å². The summed E-state index contributed by atoms with van der Waals surface area (Å²) < 4.78 is 11.1. The van der Waals surface area contributed by atoms with Crippen LogP contribution in [0.3, 0.4) is 0 Å². The van der Waals surface area contributed by atoms with E-state index < -0.39 is 11.7 Å². The molecule has 152 valence electrons. The normalized spacial score (nSPS) is 12.1. The summed E-state index contributed by atoms with van der Waals surface area (Å²) in [4.78, 5) is 25.6. The summed E-state index contributed by atoms with van der Waals surface area (Å²) in [7, 11) is 4.16. The minimum absolute atomic E-state index is 0.168. The number of benzene rings is 2. The van der Waals surface area contributed by atoms with Gasteiger partial charge in [-0.1, -0.05) is 30.3 Å². The Labute approximate surface area is 170 Å². The number of ether oxygens (including phenoxy) is 1. The molecule has 0 saturated carbocycles. The number of quaternary nitrogens is 1. The van der Waals surface area contributed by atoms with Crippen LogP contribution in [0.15, 0.2) is 63.8 Å². The lowest BCUT2D eigenvalue weighted by Gasteiger charge is -2.15. The summed E-state index contributed by atoms with van der Waals surface area (Å²) in [6, 6.07) is 16.4. The first-order chi connectivity index (χ1) is 13.9. The van der Waals surface area contributed by atoms with Gasteiger partial charge >= 0.3 is 5.63 Å². The molecule has 0 aliphatic carbocycles. The molecule has 1 amide bonds. The van der Waals surface area contributed by atoms with Crippen molar-refractivity contribution in [3.05, 3.63) is 65.0 Å². The molecule has 2 aromatic carbocycles. The second-order valence-corrected chi connectivity index (χ2v) is 7.36. The van der Waals surface area contributed by atoms with Crippen molar-refractivity contribution in [3.8, 4) is 16.9 Å². The average Bonchev–Trinajstić information content (AvgIpc) is 2.70. The van der Waals surface area contributed by atoms with Gasteiger partial charge in [0, 0.05) is 30.5 Å². The molecule has 0 radical (unpaired) electrons. The molecule has 0 aliphatic rings. The van der Waals surface area contributed by atoms with Crippen LogP contribution in [-0.4, -0.2) is 39.2 Å². The molecular weight excluding hydrogens is 368 g/mol. The van der Waals surface area contributed by atoms with Crippen molar-refractivity contribution >= 4 is 16.9 Å². The van der Waals surface area contributed by atoms with Crippen LogP contribution in [-0.2, 0) is 4.79 Å². The Morgan fingerprint density at radius 1 is 1.14 bits per heavy atom. The van der Waals surface area contributed by atoms with Gasteiger partial charge in [-0.15, -0.1) is 0 Å². The predicted molar refractivity (Wildman–Crippen MR) is 113 cm³/mol.